The summed E-state index contributed by atoms with van der Waals surface area (Å²) in [5, 5.41) is 6.26. The Morgan fingerprint density at radius 1 is 1.30 bits per heavy atom. The molecule has 9 nitrogen and oxygen atoms in total. The molecule has 3 heterocycles. The van der Waals surface area contributed by atoms with E-state index < -0.39 is 17.1 Å². The molecule has 2 aromatic heterocycles. The number of hydrogen-bond acceptors (Lipinski definition) is 6. The molecule has 1 aliphatic rings. The molecule has 0 amide bonds. The SMILES string of the molecule is COCCN1N=C(C)Cn2c1nc1c2c(=O)n(Cc2c(F)cccc2Cl)c(=O)n1C. The number of aromatic nitrogens is 4. The number of aryl methyl sites for hydroxylation is 1. The first-order valence-electron chi connectivity index (χ1n) is 9.27. The van der Waals surface area contributed by atoms with Crippen LogP contribution in [0.2, 0.25) is 5.02 Å². The van der Waals surface area contributed by atoms with Gasteiger partial charge in [-0.2, -0.15) is 10.1 Å². The highest BCUT2D eigenvalue weighted by Gasteiger charge is 2.27. The summed E-state index contributed by atoms with van der Waals surface area (Å²) in [5.74, 6) is -0.137. The highest BCUT2D eigenvalue weighted by molar-refractivity contribution is 6.31. The third kappa shape index (κ3) is 3.21. The van der Waals surface area contributed by atoms with Gasteiger partial charge in [0.25, 0.3) is 5.56 Å². The topological polar surface area (TPSA) is 86.7 Å². The lowest BCUT2D eigenvalue weighted by atomic mass is 10.2. The molecule has 0 bridgehead atoms. The molecule has 11 heteroatoms. The van der Waals surface area contributed by atoms with Crippen molar-refractivity contribution in [2.24, 2.45) is 12.1 Å². The van der Waals surface area contributed by atoms with E-state index in [1.165, 1.54) is 29.8 Å². The van der Waals surface area contributed by atoms with Gasteiger partial charge in [-0.3, -0.25) is 18.5 Å². The van der Waals surface area contributed by atoms with Gasteiger partial charge in [0, 0.05) is 24.7 Å². The third-order valence-electron chi connectivity index (χ3n) is 5.01. The van der Waals surface area contributed by atoms with Crippen LogP contribution in [0.1, 0.15) is 12.5 Å². The number of rotatable bonds is 5. The Morgan fingerprint density at radius 2 is 2.07 bits per heavy atom. The first kappa shape index (κ1) is 20.3. The predicted octanol–water partition coefficient (Wildman–Crippen LogP) is 1.58. The highest BCUT2D eigenvalue weighted by Crippen LogP contribution is 2.24. The highest BCUT2D eigenvalue weighted by atomic mass is 35.5. The molecule has 3 aromatic rings. The number of fused-ring (bicyclic) bond motifs is 3. The maximum atomic E-state index is 14.3. The fourth-order valence-corrected chi connectivity index (χ4v) is 3.75. The van der Waals surface area contributed by atoms with Crippen LogP contribution in [0.3, 0.4) is 0 Å². The van der Waals surface area contributed by atoms with Crippen molar-refractivity contribution >= 4 is 34.4 Å². The number of hydrazone groups is 1. The van der Waals surface area contributed by atoms with Gasteiger partial charge in [-0.15, -0.1) is 0 Å². The number of nitrogens with zero attached hydrogens (tertiary/aromatic N) is 6. The third-order valence-corrected chi connectivity index (χ3v) is 5.36. The summed E-state index contributed by atoms with van der Waals surface area (Å²) in [6.45, 7) is 2.75. The Hall–Kier alpha value is -2.98. The fraction of sp³-hybridized carbons (Fsp3) is 0.368. The summed E-state index contributed by atoms with van der Waals surface area (Å²) in [6.07, 6.45) is 0. The van der Waals surface area contributed by atoms with E-state index in [2.05, 4.69) is 10.1 Å². The monoisotopic (exact) mass is 434 g/mol. The van der Waals surface area contributed by atoms with Crippen LogP contribution < -0.4 is 16.3 Å². The number of methoxy groups -OCH3 is 1. The number of ether oxygens (including phenoxy) is 1. The number of hydrogen-bond donors (Lipinski definition) is 0. The maximum Gasteiger partial charge on any atom is 0.332 e. The normalized spacial score (nSPS) is 13.6. The molecule has 0 spiro atoms. The summed E-state index contributed by atoms with van der Waals surface area (Å²) >= 11 is 6.11. The second-order valence-electron chi connectivity index (χ2n) is 7.05. The van der Waals surface area contributed by atoms with Gasteiger partial charge >= 0.3 is 5.69 Å². The Balaban J connectivity index is 1.93. The van der Waals surface area contributed by atoms with Crippen molar-refractivity contribution in [3.05, 3.63) is 55.4 Å². The minimum atomic E-state index is -0.608. The summed E-state index contributed by atoms with van der Waals surface area (Å²) in [7, 11) is 3.11. The van der Waals surface area contributed by atoms with E-state index in [1.807, 2.05) is 6.92 Å². The van der Waals surface area contributed by atoms with Crippen molar-refractivity contribution in [1.82, 2.24) is 18.7 Å². The quantitative estimate of drug-likeness (QED) is 0.608. The van der Waals surface area contributed by atoms with Crippen molar-refractivity contribution in [2.45, 2.75) is 20.0 Å². The van der Waals surface area contributed by atoms with Gasteiger partial charge in [0.15, 0.2) is 11.2 Å². The second kappa shape index (κ2) is 7.69. The zero-order valence-electron chi connectivity index (χ0n) is 16.7. The Labute approximate surface area is 175 Å². The van der Waals surface area contributed by atoms with Gasteiger partial charge in [-0.25, -0.2) is 14.2 Å². The van der Waals surface area contributed by atoms with Gasteiger partial charge in [0.05, 0.1) is 32.0 Å². The van der Waals surface area contributed by atoms with E-state index in [9.17, 15) is 14.0 Å². The molecule has 1 aliphatic heterocycles. The average molecular weight is 435 g/mol. The molecule has 0 aliphatic carbocycles. The summed E-state index contributed by atoms with van der Waals surface area (Å²) in [5.41, 5.74) is 0.167. The van der Waals surface area contributed by atoms with Gasteiger partial charge in [0.2, 0.25) is 5.95 Å². The Morgan fingerprint density at radius 3 is 2.77 bits per heavy atom. The lowest BCUT2D eigenvalue weighted by Gasteiger charge is -2.24. The molecule has 0 saturated heterocycles. The molecule has 158 valence electrons. The number of halogens is 2. The molecule has 0 radical (unpaired) electrons. The molecule has 30 heavy (non-hydrogen) atoms. The van der Waals surface area contributed by atoms with Gasteiger partial charge in [0.1, 0.15) is 5.82 Å². The Bertz CT molecular complexity index is 1270. The molecule has 0 atom stereocenters. The molecule has 0 saturated carbocycles. The zero-order chi connectivity index (χ0) is 21.6. The van der Waals surface area contributed by atoms with E-state index in [0.717, 1.165) is 10.3 Å². The van der Waals surface area contributed by atoms with Crippen molar-refractivity contribution < 1.29 is 9.13 Å². The fourth-order valence-electron chi connectivity index (χ4n) is 3.53. The van der Waals surface area contributed by atoms with Crippen LogP contribution in [0.5, 0.6) is 0 Å². The summed E-state index contributed by atoms with van der Waals surface area (Å²) < 4.78 is 23.4. The van der Waals surface area contributed by atoms with Gasteiger partial charge < -0.3 is 4.74 Å². The maximum absolute atomic E-state index is 14.3. The zero-order valence-corrected chi connectivity index (χ0v) is 17.5. The van der Waals surface area contributed by atoms with E-state index in [4.69, 9.17) is 16.3 Å². The predicted molar refractivity (Wildman–Crippen MR) is 112 cm³/mol. The summed E-state index contributed by atoms with van der Waals surface area (Å²) in [6, 6.07) is 4.22. The smallest absolute Gasteiger partial charge is 0.332 e. The van der Waals surface area contributed by atoms with Crippen molar-refractivity contribution in [3.8, 4) is 0 Å². The molecular formula is C19H20ClFN6O3. The van der Waals surface area contributed by atoms with Crippen LogP contribution in [0.4, 0.5) is 10.3 Å². The van der Waals surface area contributed by atoms with Crippen molar-refractivity contribution in [3.63, 3.8) is 0 Å². The lowest BCUT2D eigenvalue weighted by Crippen LogP contribution is -2.40. The van der Waals surface area contributed by atoms with Crippen molar-refractivity contribution in [1.29, 1.82) is 0 Å². The molecule has 1 aromatic carbocycles. The standard InChI is InChI=1S/C19H20ClFN6O3/c1-11-9-25-15-16(22-18(25)27(23-11)7-8-30-3)24(2)19(29)26(17(15)28)10-12-13(20)5-4-6-14(12)21/h4-6H,7-10H2,1-3H3. The van der Waals surface area contributed by atoms with Gasteiger partial charge in [-0.1, -0.05) is 17.7 Å². The molecular weight excluding hydrogens is 415 g/mol. The number of benzene rings is 1. The molecule has 0 N–H and O–H groups in total. The van der Waals surface area contributed by atoms with E-state index in [-0.39, 0.29) is 28.3 Å². The first-order valence-corrected chi connectivity index (χ1v) is 9.64. The molecule has 0 unspecified atom stereocenters. The minimum absolute atomic E-state index is 0.0792. The van der Waals surface area contributed by atoms with Gasteiger partial charge in [-0.05, 0) is 19.1 Å². The lowest BCUT2D eigenvalue weighted by molar-refractivity contribution is 0.205. The average Bonchev–Trinajstić information content (AvgIpc) is 3.09. The van der Waals surface area contributed by atoms with E-state index >= 15 is 0 Å². The first-order chi connectivity index (χ1) is 14.3. The van der Waals surface area contributed by atoms with Crippen LogP contribution in [-0.4, -0.2) is 44.7 Å². The van der Waals surface area contributed by atoms with Crippen molar-refractivity contribution in [2.75, 3.05) is 25.3 Å². The van der Waals surface area contributed by atoms with E-state index in [1.54, 1.807) is 16.7 Å². The minimum Gasteiger partial charge on any atom is -0.383 e. The van der Waals surface area contributed by atoms with Crippen LogP contribution in [0, 0.1) is 5.82 Å². The summed E-state index contributed by atoms with van der Waals surface area (Å²) in [4.78, 5) is 30.7. The van der Waals surface area contributed by atoms with E-state index in [0.29, 0.717) is 25.6 Å². The number of imidazole rings is 1. The second-order valence-corrected chi connectivity index (χ2v) is 7.46. The van der Waals surface area contributed by atoms with Crippen LogP contribution >= 0.6 is 11.6 Å². The Kier molecular flexibility index (Phi) is 5.20. The number of anilines is 1. The molecule has 4 rings (SSSR count). The van der Waals surface area contributed by atoms with Crippen LogP contribution in [0.25, 0.3) is 11.2 Å². The molecule has 0 fully saturated rings. The van der Waals surface area contributed by atoms with Crippen LogP contribution in [0.15, 0.2) is 32.9 Å². The largest absolute Gasteiger partial charge is 0.383 e. The van der Waals surface area contributed by atoms with Crippen LogP contribution in [-0.2, 0) is 24.9 Å².